The molecule has 2 fully saturated rings. The summed E-state index contributed by atoms with van der Waals surface area (Å²) in [4.78, 5) is 73.6. The second-order valence-electron chi connectivity index (χ2n) is 6.45. The Morgan fingerprint density at radius 3 is 2.18 bits per heavy atom. The molecule has 3 heterocycles. The van der Waals surface area contributed by atoms with Crippen LogP contribution in [0.25, 0.3) is 0 Å². The number of H-pyrrole nitrogens is 2. The Kier molecular flexibility index (Phi) is 7.71. The number of aromatic nitrogens is 2. The molecule has 2 aliphatic rings. The molecule has 1 aromatic rings. The van der Waals surface area contributed by atoms with Crippen LogP contribution < -0.4 is 21.0 Å². The minimum Gasteiger partial charge on any atom is -0.756 e. The fourth-order valence-electron chi connectivity index (χ4n) is 2.92. The lowest BCUT2D eigenvalue weighted by molar-refractivity contribution is -0.240. The Balaban J connectivity index is 1.87. The smallest absolute Gasteiger partial charge is 0.346 e. The van der Waals surface area contributed by atoms with Crippen molar-refractivity contribution in [3.05, 3.63) is 32.6 Å². The lowest BCUT2D eigenvalue weighted by Gasteiger charge is -2.38. The van der Waals surface area contributed by atoms with E-state index in [1.165, 1.54) is 0 Å². The Morgan fingerprint density at radius 1 is 1.06 bits per heavy atom. The third-order valence-electron chi connectivity index (χ3n) is 3.88. The summed E-state index contributed by atoms with van der Waals surface area (Å²) >= 11 is 0. The van der Waals surface area contributed by atoms with Crippen molar-refractivity contribution in [3.63, 3.8) is 0 Å². The summed E-state index contributed by atoms with van der Waals surface area (Å²) in [6.07, 6.45) is -5.46. The van der Waals surface area contributed by atoms with Crippen LogP contribution in [0.3, 0.4) is 0 Å². The van der Waals surface area contributed by atoms with Crippen LogP contribution >= 0.6 is 24.2 Å². The van der Waals surface area contributed by atoms with Gasteiger partial charge in [-0.3, -0.25) is 28.5 Å². The Bertz CT molecular complexity index is 1080. The molecule has 2 unspecified atom stereocenters. The first kappa shape index (κ1) is 25.8. The van der Waals surface area contributed by atoms with E-state index >= 15 is 0 Å². The zero-order chi connectivity index (χ0) is 24.6. The van der Waals surface area contributed by atoms with E-state index in [-0.39, 0.29) is 5.69 Å². The van der Waals surface area contributed by atoms with Crippen molar-refractivity contribution in [2.24, 2.45) is 0 Å². The average Bonchev–Trinajstić information content (AvgIpc) is 2.93. The summed E-state index contributed by atoms with van der Waals surface area (Å²) in [5.41, 5.74) is -1.86. The van der Waals surface area contributed by atoms with Crippen molar-refractivity contribution in [1.82, 2.24) is 9.97 Å². The molecule has 0 radical (unpaired) electrons. The SMILES string of the molecule is CC(=O)O[C@@H]1[C@H](OC(C)=O)[C@@H](COP2OP(=O)([O-])OP(=O)([O-])O2)O[C@H]1c1cc(=O)[nH]c(=O)[nH]1. The fraction of sp³-hybridized carbons (Fsp3) is 0.538. The van der Waals surface area contributed by atoms with Gasteiger partial charge < -0.3 is 33.5 Å². The van der Waals surface area contributed by atoms with Crippen molar-refractivity contribution in [3.8, 4) is 0 Å². The van der Waals surface area contributed by atoms with Crippen LogP contribution in [-0.4, -0.2) is 46.8 Å². The Hall–Kier alpha value is -1.77. The molecular weight excluding hydrogens is 517 g/mol. The van der Waals surface area contributed by atoms with Crippen LogP contribution in [0.1, 0.15) is 25.6 Å². The molecule has 6 atom stereocenters. The van der Waals surface area contributed by atoms with Gasteiger partial charge in [0.1, 0.15) is 12.2 Å². The van der Waals surface area contributed by atoms with E-state index in [4.69, 9.17) is 18.7 Å². The monoisotopic (exact) mass is 532 g/mol. The molecule has 0 bridgehead atoms. The highest BCUT2D eigenvalue weighted by Gasteiger charge is 2.51. The number of rotatable bonds is 6. The average molecular weight is 532 g/mol. The van der Waals surface area contributed by atoms with E-state index in [0.29, 0.717) is 0 Å². The number of carbonyl (C=O) groups excluding carboxylic acids is 2. The minimum absolute atomic E-state index is 0.146. The lowest BCUT2D eigenvalue weighted by atomic mass is 10.0. The maximum absolute atomic E-state index is 11.7. The Morgan fingerprint density at radius 2 is 1.64 bits per heavy atom. The highest BCUT2D eigenvalue weighted by molar-refractivity contribution is 7.71. The number of aromatic amines is 2. The van der Waals surface area contributed by atoms with Crippen molar-refractivity contribution >= 4 is 36.2 Å². The normalized spacial score (nSPS) is 36.3. The summed E-state index contributed by atoms with van der Waals surface area (Å²) < 4.78 is 56.1. The van der Waals surface area contributed by atoms with Crippen molar-refractivity contribution in [2.75, 3.05) is 6.61 Å². The first-order valence-electron chi connectivity index (χ1n) is 8.74. The number of nitrogens with one attached hydrogen (secondary N) is 2. The molecule has 17 nitrogen and oxygen atoms in total. The molecule has 20 heteroatoms. The van der Waals surface area contributed by atoms with Crippen LogP contribution in [0.4, 0.5) is 0 Å². The molecule has 3 rings (SSSR count). The third kappa shape index (κ3) is 6.87. The van der Waals surface area contributed by atoms with Gasteiger partial charge >= 0.3 is 26.2 Å². The minimum atomic E-state index is -5.29. The standard InChI is InChI=1S/C13H17N2O15P3/c1-5(16)25-11-8(4-24-31-28-32(20,21)30-33(22,23)29-31)27-10(12(11)26-6(2)17)7-3-9(18)15-13(19)14-7/h3,8,10-12H,4H2,1-2H3,(H,20,21)(H,22,23)(H2,14,15,18,19)/p-2/t8-,10+,11-,12+/m1/s1. The number of ether oxygens (including phenoxy) is 3. The van der Waals surface area contributed by atoms with Gasteiger partial charge in [-0.05, 0) is 0 Å². The summed E-state index contributed by atoms with van der Waals surface area (Å²) in [5, 5.41) is 0. The molecule has 2 N–H and O–H groups in total. The van der Waals surface area contributed by atoms with Gasteiger partial charge in [0.25, 0.3) is 21.2 Å². The molecule has 0 saturated carbocycles. The maximum atomic E-state index is 11.7. The van der Waals surface area contributed by atoms with Gasteiger partial charge in [0.05, 0.1) is 12.3 Å². The molecule has 2 aliphatic heterocycles. The molecule has 0 amide bonds. The summed E-state index contributed by atoms with van der Waals surface area (Å²) in [6.45, 7) is 1.36. The molecule has 0 aromatic carbocycles. The number of hydrogen-bond acceptors (Lipinski definition) is 15. The van der Waals surface area contributed by atoms with Gasteiger partial charge in [0.15, 0.2) is 12.2 Å². The number of hydrogen-bond donors (Lipinski definition) is 2. The van der Waals surface area contributed by atoms with Crippen LogP contribution in [0.5, 0.6) is 0 Å². The molecule has 0 spiro atoms. The van der Waals surface area contributed by atoms with Crippen molar-refractivity contribution in [2.45, 2.75) is 38.3 Å². The van der Waals surface area contributed by atoms with E-state index in [0.717, 1.165) is 19.9 Å². The quantitative estimate of drug-likeness (QED) is 0.316. The predicted octanol–water partition coefficient (Wildman–Crippen LogP) is -1.39. The van der Waals surface area contributed by atoms with Gasteiger partial charge in [-0.25, -0.2) is 17.7 Å². The van der Waals surface area contributed by atoms with Crippen LogP contribution in [0.2, 0.25) is 0 Å². The van der Waals surface area contributed by atoms with E-state index in [1.54, 1.807) is 0 Å². The highest BCUT2D eigenvalue weighted by atomic mass is 31.3. The molecular formula is C13H15N2O15P3-2. The van der Waals surface area contributed by atoms with Crippen LogP contribution in [-0.2, 0) is 50.4 Å². The summed E-state index contributed by atoms with van der Waals surface area (Å²) in [5.74, 6) is -1.68. The molecule has 33 heavy (non-hydrogen) atoms. The zero-order valence-electron chi connectivity index (χ0n) is 16.6. The second-order valence-corrected chi connectivity index (χ2v) is 10.9. The zero-order valence-corrected chi connectivity index (χ0v) is 19.2. The van der Waals surface area contributed by atoms with Gasteiger partial charge in [-0.15, -0.1) is 0 Å². The van der Waals surface area contributed by atoms with E-state index in [1.807, 2.05) is 4.98 Å². The number of esters is 2. The first-order valence-corrected chi connectivity index (χ1v) is 12.8. The highest BCUT2D eigenvalue weighted by Crippen LogP contribution is 2.73. The number of phosphoric acid groups is 2. The molecule has 1 aromatic heterocycles. The molecule has 0 aliphatic carbocycles. The third-order valence-corrected chi connectivity index (χ3v) is 8.51. The second kappa shape index (κ2) is 9.84. The van der Waals surface area contributed by atoms with E-state index < -0.39 is 78.5 Å². The van der Waals surface area contributed by atoms with Crippen molar-refractivity contribution < 1.29 is 60.2 Å². The van der Waals surface area contributed by atoms with Gasteiger partial charge in [-0.1, -0.05) is 0 Å². The van der Waals surface area contributed by atoms with Crippen LogP contribution in [0.15, 0.2) is 15.7 Å². The topological polar surface area (TPSA) is 245 Å². The van der Waals surface area contributed by atoms with Gasteiger partial charge in [-0.2, -0.15) is 0 Å². The van der Waals surface area contributed by atoms with Gasteiger partial charge in [0.2, 0.25) is 0 Å². The Labute approximate surface area is 184 Å². The van der Waals surface area contributed by atoms with Crippen molar-refractivity contribution in [1.29, 1.82) is 0 Å². The van der Waals surface area contributed by atoms with E-state index in [2.05, 4.69) is 17.9 Å². The first-order chi connectivity index (χ1) is 15.2. The van der Waals surface area contributed by atoms with E-state index in [9.17, 15) is 38.1 Å². The summed E-state index contributed by atoms with van der Waals surface area (Å²) in [7, 11) is -13.6. The predicted molar refractivity (Wildman–Crippen MR) is 97.7 cm³/mol. The maximum Gasteiger partial charge on any atom is 0.346 e. The molecule has 184 valence electrons. The largest absolute Gasteiger partial charge is 0.756 e. The lowest BCUT2D eigenvalue weighted by Crippen LogP contribution is -2.40. The van der Waals surface area contributed by atoms with Crippen LogP contribution in [0, 0.1) is 0 Å². The number of carbonyl (C=O) groups is 2. The molecule has 2 saturated heterocycles. The summed E-state index contributed by atoms with van der Waals surface area (Å²) in [6, 6.07) is 0.937. The van der Waals surface area contributed by atoms with Gasteiger partial charge in [0, 0.05) is 19.9 Å². The fourth-order valence-corrected chi connectivity index (χ4v) is 7.01.